The van der Waals surface area contributed by atoms with E-state index in [0.29, 0.717) is 5.92 Å². The molecule has 0 aliphatic heterocycles. The Balaban J connectivity index is 1.86. The zero-order chi connectivity index (χ0) is 14.4. The first kappa shape index (κ1) is 15.5. The molecule has 0 radical (unpaired) electrons. The van der Waals surface area contributed by atoms with Crippen LogP contribution in [0, 0.1) is 5.92 Å². The molecule has 0 saturated heterocycles. The van der Waals surface area contributed by atoms with Gasteiger partial charge in [0.1, 0.15) is 0 Å². The average molecular weight is 279 g/mol. The Morgan fingerprint density at radius 1 is 1.20 bits per heavy atom. The van der Waals surface area contributed by atoms with Crippen LogP contribution in [-0.4, -0.2) is 16.7 Å². The van der Waals surface area contributed by atoms with Gasteiger partial charge in [-0.25, -0.2) is 0 Å². The van der Waals surface area contributed by atoms with Crippen molar-refractivity contribution >= 4 is 0 Å². The van der Waals surface area contributed by atoms with Gasteiger partial charge in [0.2, 0.25) is 5.89 Å². The maximum Gasteiger partial charge on any atom is 0.243 e. The summed E-state index contributed by atoms with van der Waals surface area (Å²) in [5.74, 6) is 3.11. The van der Waals surface area contributed by atoms with E-state index in [1.165, 1.54) is 38.5 Å². The summed E-state index contributed by atoms with van der Waals surface area (Å²) in [5, 5.41) is 7.61. The number of hydrogen-bond donors (Lipinski definition) is 1. The third-order valence-electron chi connectivity index (χ3n) is 4.44. The summed E-state index contributed by atoms with van der Waals surface area (Å²) >= 11 is 0. The van der Waals surface area contributed by atoms with Gasteiger partial charge in [0.15, 0.2) is 5.82 Å². The normalized spacial score (nSPS) is 24.8. The molecule has 1 heterocycles. The molecule has 1 saturated carbocycles. The monoisotopic (exact) mass is 279 g/mol. The lowest BCUT2D eigenvalue weighted by Crippen LogP contribution is -2.19. The molecule has 4 nitrogen and oxygen atoms in total. The first-order valence-corrected chi connectivity index (χ1v) is 8.31. The standard InChI is InChI=1S/C16H29N3O/c1-4-6-13-7-9-14(10-8-13)15-18-16(20-19-15)12(3)17-11-5-2/h12-14,17H,4-11H2,1-3H3. The quantitative estimate of drug-likeness (QED) is 0.812. The van der Waals surface area contributed by atoms with Gasteiger partial charge in [-0.15, -0.1) is 0 Å². The fraction of sp³-hybridized carbons (Fsp3) is 0.875. The van der Waals surface area contributed by atoms with Crippen molar-refractivity contribution in [2.75, 3.05) is 6.54 Å². The molecule has 1 aromatic heterocycles. The maximum atomic E-state index is 5.43. The minimum absolute atomic E-state index is 0.160. The molecule has 0 spiro atoms. The Morgan fingerprint density at radius 3 is 2.60 bits per heavy atom. The minimum atomic E-state index is 0.160. The van der Waals surface area contributed by atoms with Gasteiger partial charge in [-0.3, -0.25) is 0 Å². The molecule has 0 amide bonds. The Morgan fingerprint density at radius 2 is 1.95 bits per heavy atom. The molecule has 1 atom stereocenters. The van der Waals surface area contributed by atoms with Gasteiger partial charge in [-0.05, 0) is 51.5 Å². The van der Waals surface area contributed by atoms with Crippen LogP contribution in [0.4, 0.5) is 0 Å². The molecule has 1 unspecified atom stereocenters. The lowest BCUT2D eigenvalue weighted by Gasteiger charge is -2.26. The lowest BCUT2D eigenvalue weighted by molar-refractivity contribution is 0.292. The van der Waals surface area contributed by atoms with E-state index >= 15 is 0 Å². The van der Waals surface area contributed by atoms with E-state index < -0.39 is 0 Å². The van der Waals surface area contributed by atoms with Crippen molar-refractivity contribution < 1.29 is 4.52 Å². The zero-order valence-corrected chi connectivity index (χ0v) is 13.2. The number of hydrogen-bond acceptors (Lipinski definition) is 4. The van der Waals surface area contributed by atoms with E-state index in [4.69, 9.17) is 4.52 Å². The van der Waals surface area contributed by atoms with Crippen LogP contribution in [0.2, 0.25) is 0 Å². The first-order chi connectivity index (χ1) is 9.74. The van der Waals surface area contributed by atoms with Gasteiger partial charge in [-0.1, -0.05) is 31.8 Å². The molecule has 0 aromatic carbocycles. The summed E-state index contributed by atoms with van der Waals surface area (Å²) in [6, 6.07) is 0.160. The van der Waals surface area contributed by atoms with Crippen molar-refractivity contribution in [1.29, 1.82) is 0 Å². The number of nitrogens with zero attached hydrogens (tertiary/aromatic N) is 2. The highest BCUT2D eigenvalue weighted by molar-refractivity contribution is 4.99. The molecule has 1 N–H and O–H groups in total. The Hall–Kier alpha value is -0.900. The van der Waals surface area contributed by atoms with Crippen LogP contribution in [0.25, 0.3) is 0 Å². The molecule has 0 bridgehead atoms. The van der Waals surface area contributed by atoms with E-state index in [2.05, 4.69) is 36.2 Å². The van der Waals surface area contributed by atoms with Crippen LogP contribution in [-0.2, 0) is 0 Å². The first-order valence-electron chi connectivity index (χ1n) is 8.31. The predicted molar refractivity (Wildman–Crippen MR) is 80.6 cm³/mol. The van der Waals surface area contributed by atoms with E-state index in [1.807, 2.05) is 0 Å². The molecule has 20 heavy (non-hydrogen) atoms. The van der Waals surface area contributed by atoms with Crippen molar-refractivity contribution in [2.24, 2.45) is 5.92 Å². The second-order valence-corrected chi connectivity index (χ2v) is 6.17. The van der Waals surface area contributed by atoms with Gasteiger partial charge in [0, 0.05) is 5.92 Å². The molecular weight excluding hydrogens is 250 g/mol. The predicted octanol–water partition coefficient (Wildman–Crippen LogP) is 4.20. The smallest absolute Gasteiger partial charge is 0.243 e. The van der Waals surface area contributed by atoms with Gasteiger partial charge >= 0.3 is 0 Å². The molecule has 1 fully saturated rings. The molecule has 1 aromatic rings. The number of nitrogens with one attached hydrogen (secondary N) is 1. The van der Waals surface area contributed by atoms with E-state index in [-0.39, 0.29) is 6.04 Å². The molecule has 114 valence electrons. The summed E-state index contributed by atoms with van der Waals surface area (Å²) in [5.41, 5.74) is 0. The fourth-order valence-corrected chi connectivity index (χ4v) is 3.15. The molecule has 1 aliphatic carbocycles. The van der Waals surface area contributed by atoms with Gasteiger partial charge in [0.05, 0.1) is 6.04 Å². The van der Waals surface area contributed by atoms with E-state index in [1.54, 1.807) is 0 Å². The summed E-state index contributed by atoms with van der Waals surface area (Å²) in [7, 11) is 0. The maximum absolute atomic E-state index is 5.43. The zero-order valence-electron chi connectivity index (χ0n) is 13.2. The van der Waals surface area contributed by atoms with Crippen molar-refractivity contribution in [1.82, 2.24) is 15.5 Å². The summed E-state index contributed by atoms with van der Waals surface area (Å²) in [6.45, 7) is 7.52. The molecule has 1 aliphatic rings. The van der Waals surface area contributed by atoms with Crippen LogP contribution in [0.3, 0.4) is 0 Å². The van der Waals surface area contributed by atoms with Crippen molar-refractivity contribution in [2.45, 2.75) is 77.7 Å². The SMILES string of the molecule is CCCNC(C)c1nc(C2CCC(CCC)CC2)no1. The Kier molecular flexibility index (Phi) is 6.02. The largest absolute Gasteiger partial charge is 0.338 e. The van der Waals surface area contributed by atoms with E-state index in [9.17, 15) is 0 Å². The van der Waals surface area contributed by atoms with Crippen LogP contribution in [0.15, 0.2) is 4.52 Å². The van der Waals surface area contributed by atoms with E-state index in [0.717, 1.165) is 30.6 Å². The van der Waals surface area contributed by atoms with Crippen LogP contribution < -0.4 is 5.32 Å². The van der Waals surface area contributed by atoms with Gasteiger partial charge in [0.25, 0.3) is 0 Å². The topological polar surface area (TPSA) is 51.0 Å². The molecule has 4 heteroatoms. The van der Waals surface area contributed by atoms with Crippen LogP contribution in [0.5, 0.6) is 0 Å². The lowest BCUT2D eigenvalue weighted by atomic mass is 9.80. The fourth-order valence-electron chi connectivity index (χ4n) is 3.15. The van der Waals surface area contributed by atoms with Crippen molar-refractivity contribution in [3.63, 3.8) is 0 Å². The van der Waals surface area contributed by atoms with Crippen molar-refractivity contribution in [3.8, 4) is 0 Å². The van der Waals surface area contributed by atoms with Crippen molar-refractivity contribution in [3.05, 3.63) is 11.7 Å². The summed E-state index contributed by atoms with van der Waals surface area (Å²) in [6.07, 6.45) is 8.90. The minimum Gasteiger partial charge on any atom is -0.338 e. The summed E-state index contributed by atoms with van der Waals surface area (Å²) in [4.78, 5) is 4.62. The Labute approximate surface area is 122 Å². The van der Waals surface area contributed by atoms with Crippen LogP contribution in [0.1, 0.15) is 89.4 Å². The highest BCUT2D eigenvalue weighted by atomic mass is 16.5. The highest BCUT2D eigenvalue weighted by Crippen LogP contribution is 2.36. The van der Waals surface area contributed by atoms with Gasteiger partial charge in [-0.2, -0.15) is 4.98 Å². The number of rotatable bonds is 7. The highest BCUT2D eigenvalue weighted by Gasteiger charge is 2.26. The van der Waals surface area contributed by atoms with Crippen LogP contribution >= 0.6 is 0 Å². The molecular formula is C16H29N3O. The second kappa shape index (κ2) is 7.77. The van der Waals surface area contributed by atoms with Gasteiger partial charge < -0.3 is 9.84 Å². The number of aromatic nitrogens is 2. The Bertz CT molecular complexity index is 383. The third kappa shape index (κ3) is 4.05. The molecule has 2 rings (SSSR count). The second-order valence-electron chi connectivity index (χ2n) is 6.17. The summed E-state index contributed by atoms with van der Waals surface area (Å²) < 4.78 is 5.43. The third-order valence-corrected chi connectivity index (χ3v) is 4.44. The average Bonchev–Trinajstić information content (AvgIpc) is 2.96.